The van der Waals surface area contributed by atoms with E-state index in [1.165, 1.54) is 0 Å². The van der Waals surface area contributed by atoms with Crippen LogP contribution in [0.25, 0.3) is 0 Å². The molecule has 0 aromatic rings. The molecule has 0 radical (unpaired) electrons. The first-order valence-electron chi connectivity index (χ1n) is 2.39. The molecule has 0 saturated heterocycles. The van der Waals surface area contributed by atoms with E-state index in [0.29, 0.717) is 6.42 Å². The SMILES string of the molecule is CCC(=O)[SiH](C)O. The quantitative estimate of drug-likeness (QED) is 0.512. The second-order valence-electron chi connectivity index (χ2n) is 1.50. The number of carbonyl (C=O) groups is 1. The Kier molecular flexibility index (Phi) is 2.87. The van der Waals surface area contributed by atoms with E-state index >= 15 is 0 Å². The maximum atomic E-state index is 10.3. The number of rotatable bonds is 2. The van der Waals surface area contributed by atoms with Crippen molar-refractivity contribution < 1.29 is 9.59 Å². The molecule has 0 heterocycles. The highest BCUT2D eigenvalue weighted by Crippen LogP contribution is 1.82. The highest BCUT2D eigenvalue weighted by Gasteiger charge is 2.06. The molecule has 3 heteroatoms. The molecule has 0 spiro atoms. The smallest absolute Gasteiger partial charge is 0.242 e. The molecular weight excluding hydrogens is 108 g/mol. The molecule has 0 aliphatic rings. The fraction of sp³-hybridized carbons (Fsp3) is 0.750. The third-order valence-corrected chi connectivity index (χ3v) is 2.15. The summed E-state index contributed by atoms with van der Waals surface area (Å²) in [4.78, 5) is 18.9. The summed E-state index contributed by atoms with van der Waals surface area (Å²) in [6.07, 6.45) is 0.490. The zero-order valence-electron chi connectivity index (χ0n) is 4.64. The molecule has 0 aliphatic carbocycles. The van der Waals surface area contributed by atoms with Crippen LogP contribution in [0.4, 0.5) is 0 Å². The second kappa shape index (κ2) is 2.93. The standard InChI is InChI=1S/C4H10O2Si/c1-3-4(5)7(2)6/h6-7H,3H2,1-2H3. The van der Waals surface area contributed by atoms with Gasteiger partial charge in [0.15, 0.2) is 0 Å². The van der Waals surface area contributed by atoms with E-state index in [1.54, 1.807) is 13.5 Å². The van der Waals surface area contributed by atoms with E-state index in [-0.39, 0.29) is 5.41 Å². The molecule has 0 amide bonds. The molecule has 1 atom stereocenters. The Morgan fingerprint density at radius 3 is 2.29 bits per heavy atom. The van der Waals surface area contributed by atoms with Gasteiger partial charge in [-0.1, -0.05) is 6.92 Å². The summed E-state index contributed by atoms with van der Waals surface area (Å²) in [5.41, 5.74) is 0. The Hall–Kier alpha value is -0.153. The van der Waals surface area contributed by atoms with Crippen molar-refractivity contribution >= 4 is 14.4 Å². The molecule has 0 aliphatic heterocycles. The molecule has 0 aromatic heterocycles. The van der Waals surface area contributed by atoms with E-state index in [0.717, 1.165) is 0 Å². The fourth-order valence-electron chi connectivity index (χ4n) is 0.295. The minimum atomic E-state index is -1.90. The van der Waals surface area contributed by atoms with Gasteiger partial charge in [0.05, 0.1) is 0 Å². The van der Waals surface area contributed by atoms with Gasteiger partial charge in [-0.2, -0.15) is 0 Å². The first-order valence-corrected chi connectivity index (χ1v) is 4.64. The molecule has 0 fully saturated rings. The topological polar surface area (TPSA) is 37.3 Å². The summed E-state index contributed by atoms with van der Waals surface area (Å²) in [6.45, 7) is 3.38. The first-order chi connectivity index (χ1) is 3.18. The Balaban J connectivity index is 3.35. The third kappa shape index (κ3) is 2.53. The van der Waals surface area contributed by atoms with Gasteiger partial charge in [-0.25, -0.2) is 0 Å². The predicted octanol–water partition coefficient (Wildman–Crippen LogP) is -0.149. The van der Waals surface area contributed by atoms with Gasteiger partial charge in [0.25, 0.3) is 0 Å². The van der Waals surface area contributed by atoms with Gasteiger partial charge in [-0.05, 0) is 6.55 Å². The van der Waals surface area contributed by atoms with Crippen molar-refractivity contribution in [3.63, 3.8) is 0 Å². The summed E-state index contributed by atoms with van der Waals surface area (Å²) < 4.78 is 0. The molecule has 42 valence electrons. The third-order valence-electron chi connectivity index (χ3n) is 0.814. The fourth-order valence-corrected chi connectivity index (χ4v) is 0.886. The van der Waals surface area contributed by atoms with E-state index < -0.39 is 9.04 Å². The average molecular weight is 118 g/mol. The van der Waals surface area contributed by atoms with Crippen LogP contribution in [-0.2, 0) is 4.79 Å². The van der Waals surface area contributed by atoms with Gasteiger partial charge in [0.2, 0.25) is 9.04 Å². The van der Waals surface area contributed by atoms with Crippen molar-refractivity contribution in [1.29, 1.82) is 0 Å². The molecule has 7 heavy (non-hydrogen) atoms. The minimum absolute atomic E-state index is 0.0417. The summed E-state index contributed by atoms with van der Waals surface area (Å²) >= 11 is 0. The zero-order chi connectivity index (χ0) is 5.86. The van der Waals surface area contributed by atoms with E-state index in [9.17, 15) is 4.79 Å². The van der Waals surface area contributed by atoms with Crippen molar-refractivity contribution in [2.75, 3.05) is 0 Å². The predicted molar refractivity (Wildman–Crippen MR) is 30.5 cm³/mol. The van der Waals surface area contributed by atoms with Crippen molar-refractivity contribution in [2.45, 2.75) is 19.9 Å². The molecular formula is C4H10O2Si. The lowest BCUT2D eigenvalue weighted by atomic mass is 10.6. The van der Waals surface area contributed by atoms with Crippen LogP contribution in [0.5, 0.6) is 0 Å². The number of hydrogen-bond acceptors (Lipinski definition) is 2. The van der Waals surface area contributed by atoms with Crippen LogP contribution in [0.15, 0.2) is 0 Å². The van der Waals surface area contributed by atoms with Gasteiger partial charge in [-0.15, -0.1) is 0 Å². The summed E-state index contributed by atoms with van der Waals surface area (Å²) in [5, 5.41) is 0.0417. The Morgan fingerprint density at radius 1 is 1.86 bits per heavy atom. The second-order valence-corrected chi connectivity index (χ2v) is 3.49. The highest BCUT2D eigenvalue weighted by atomic mass is 28.3. The summed E-state index contributed by atoms with van der Waals surface area (Å²) in [5.74, 6) is 0. The molecule has 2 nitrogen and oxygen atoms in total. The maximum absolute atomic E-state index is 10.3. The van der Waals surface area contributed by atoms with Crippen molar-refractivity contribution in [2.24, 2.45) is 0 Å². The van der Waals surface area contributed by atoms with Gasteiger partial charge in [-0.3, -0.25) is 0 Å². The van der Waals surface area contributed by atoms with Crippen LogP contribution in [0.1, 0.15) is 13.3 Å². The van der Waals surface area contributed by atoms with E-state index in [2.05, 4.69) is 0 Å². The molecule has 0 bridgehead atoms. The van der Waals surface area contributed by atoms with Gasteiger partial charge >= 0.3 is 0 Å². The molecule has 0 rings (SSSR count). The van der Waals surface area contributed by atoms with Crippen LogP contribution in [0.2, 0.25) is 6.55 Å². The lowest BCUT2D eigenvalue weighted by molar-refractivity contribution is -0.112. The van der Waals surface area contributed by atoms with Crippen LogP contribution >= 0.6 is 0 Å². The zero-order valence-corrected chi connectivity index (χ0v) is 5.79. The van der Waals surface area contributed by atoms with Crippen molar-refractivity contribution in [3.05, 3.63) is 0 Å². The maximum Gasteiger partial charge on any atom is 0.242 e. The summed E-state index contributed by atoms with van der Waals surface area (Å²) in [7, 11) is -1.90. The van der Waals surface area contributed by atoms with Gasteiger partial charge in [0, 0.05) is 6.42 Å². The van der Waals surface area contributed by atoms with E-state index in [1.807, 2.05) is 0 Å². The lowest BCUT2D eigenvalue weighted by Gasteiger charge is -1.92. The lowest BCUT2D eigenvalue weighted by Crippen LogP contribution is -2.19. The molecule has 1 N–H and O–H groups in total. The Bertz CT molecular complexity index is 70.1. The molecule has 0 saturated carbocycles. The molecule has 1 unspecified atom stereocenters. The normalized spacial score (nSPS) is 13.6. The minimum Gasteiger partial charge on any atom is -0.428 e. The van der Waals surface area contributed by atoms with Crippen molar-refractivity contribution in [3.8, 4) is 0 Å². The number of hydrogen-bond donors (Lipinski definition) is 1. The molecule has 0 aromatic carbocycles. The Labute approximate surface area is 44.9 Å². The van der Waals surface area contributed by atoms with Crippen LogP contribution in [0.3, 0.4) is 0 Å². The van der Waals surface area contributed by atoms with Gasteiger partial charge < -0.3 is 9.59 Å². The van der Waals surface area contributed by atoms with Crippen LogP contribution in [-0.4, -0.2) is 19.2 Å². The largest absolute Gasteiger partial charge is 0.428 e. The first kappa shape index (κ1) is 6.85. The summed E-state index contributed by atoms with van der Waals surface area (Å²) in [6, 6.07) is 0. The van der Waals surface area contributed by atoms with Crippen LogP contribution in [0, 0.1) is 0 Å². The van der Waals surface area contributed by atoms with Crippen molar-refractivity contribution in [1.82, 2.24) is 0 Å². The monoisotopic (exact) mass is 118 g/mol. The number of carbonyl (C=O) groups excluding carboxylic acids is 1. The van der Waals surface area contributed by atoms with Gasteiger partial charge in [0.1, 0.15) is 5.41 Å². The average Bonchev–Trinajstić information content (AvgIpc) is 1.65. The Morgan fingerprint density at radius 2 is 2.29 bits per heavy atom. The van der Waals surface area contributed by atoms with E-state index in [4.69, 9.17) is 4.80 Å². The highest BCUT2D eigenvalue weighted by molar-refractivity contribution is 6.83. The van der Waals surface area contributed by atoms with Crippen LogP contribution < -0.4 is 0 Å².